The second kappa shape index (κ2) is 6.01. The minimum atomic E-state index is -0.480. The van der Waals surface area contributed by atoms with Crippen molar-refractivity contribution in [2.24, 2.45) is 0 Å². The van der Waals surface area contributed by atoms with E-state index in [-0.39, 0.29) is 16.7 Å². The molecule has 0 aliphatic heterocycles. The summed E-state index contributed by atoms with van der Waals surface area (Å²) >= 11 is 5.92. The molecule has 23 heavy (non-hydrogen) atoms. The third-order valence-corrected chi connectivity index (χ3v) is 3.93. The fourth-order valence-corrected chi connectivity index (χ4v) is 2.74. The van der Waals surface area contributed by atoms with Gasteiger partial charge >= 0.3 is 0 Å². The van der Waals surface area contributed by atoms with Crippen molar-refractivity contribution in [2.75, 3.05) is 7.11 Å². The highest BCUT2D eigenvalue weighted by atomic mass is 35.5. The van der Waals surface area contributed by atoms with E-state index in [0.29, 0.717) is 28.4 Å². The molecule has 2 aromatic heterocycles. The Kier molecular flexibility index (Phi) is 4.05. The van der Waals surface area contributed by atoms with E-state index in [1.807, 2.05) is 6.92 Å². The number of hydrogen-bond acceptors (Lipinski definition) is 3. The van der Waals surface area contributed by atoms with E-state index in [2.05, 4.69) is 4.98 Å². The number of aryl methyl sites for hydroxylation is 1. The molecule has 4 nitrogen and oxygen atoms in total. The molecule has 0 bridgehead atoms. The lowest BCUT2D eigenvalue weighted by Crippen LogP contribution is -2.21. The van der Waals surface area contributed by atoms with Crippen molar-refractivity contribution < 1.29 is 9.13 Å². The van der Waals surface area contributed by atoms with Crippen LogP contribution in [0.15, 0.2) is 41.3 Å². The second-order valence-electron chi connectivity index (χ2n) is 5.02. The van der Waals surface area contributed by atoms with E-state index in [1.54, 1.807) is 22.9 Å². The topological polar surface area (TPSA) is 44.1 Å². The first-order valence-corrected chi connectivity index (χ1v) is 7.46. The van der Waals surface area contributed by atoms with E-state index in [4.69, 9.17) is 16.3 Å². The van der Waals surface area contributed by atoms with Crippen molar-refractivity contribution in [3.05, 3.63) is 57.9 Å². The Hall–Kier alpha value is -2.40. The Morgan fingerprint density at radius 2 is 2.04 bits per heavy atom. The Balaban J connectivity index is 2.37. The molecule has 1 aromatic carbocycles. The SMILES string of the molecule is CCn1c(=O)c(-c2cc(OC)ccc2F)cc2cnc(Cl)cc21. The largest absolute Gasteiger partial charge is 0.497 e. The van der Waals surface area contributed by atoms with Crippen LogP contribution in [0.5, 0.6) is 5.75 Å². The van der Waals surface area contributed by atoms with E-state index in [9.17, 15) is 9.18 Å². The summed E-state index contributed by atoms with van der Waals surface area (Å²) in [6.45, 7) is 2.29. The van der Waals surface area contributed by atoms with Crippen LogP contribution in [0.25, 0.3) is 22.0 Å². The molecule has 0 unspecified atom stereocenters. The lowest BCUT2D eigenvalue weighted by molar-refractivity contribution is 0.414. The molecule has 3 aromatic rings. The van der Waals surface area contributed by atoms with Gasteiger partial charge in [0.2, 0.25) is 0 Å². The number of nitrogens with zero attached hydrogens (tertiary/aromatic N) is 2. The minimum absolute atomic E-state index is 0.202. The van der Waals surface area contributed by atoms with Gasteiger partial charge in [0.25, 0.3) is 5.56 Å². The van der Waals surface area contributed by atoms with Crippen LogP contribution < -0.4 is 10.3 Å². The van der Waals surface area contributed by atoms with Crippen molar-refractivity contribution in [2.45, 2.75) is 13.5 Å². The minimum Gasteiger partial charge on any atom is -0.497 e. The smallest absolute Gasteiger partial charge is 0.259 e. The highest BCUT2D eigenvalue weighted by Gasteiger charge is 2.15. The molecule has 0 spiro atoms. The monoisotopic (exact) mass is 332 g/mol. The molecule has 2 heterocycles. The molecule has 118 valence electrons. The molecule has 0 aliphatic carbocycles. The zero-order valence-electron chi connectivity index (χ0n) is 12.6. The number of rotatable bonds is 3. The second-order valence-corrected chi connectivity index (χ2v) is 5.41. The number of ether oxygens (including phenoxy) is 1. The number of aromatic nitrogens is 2. The summed E-state index contributed by atoms with van der Waals surface area (Å²) in [4.78, 5) is 16.8. The zero-order valence-corrected chi connectivity index (χ0v) is 13.4. The maximum Gasteiger partial charge on any atom is 0.259 e. The summed E-state index contributed by atoms with van der Waals surface area (Å²) in [7, 11) is 1.49. The van der Waals surface area contributed by atoms with Gasteiger partial charge in [0.05, 0.1) is 18.2 Å². The predicted molar refractivity (Wildman–Crippen MR) is 88.6 cm³/mol. The number of methoxy groups -OCH3 is 1. The molecule has 0 fully saturated rings. The molecule has 0 N–H and O–H groups in total. The maximum atomic E-state index is 14.2. The fraction of sp³-hybridized carbons (Fsp3) is 0.176. The first-order valence-electron chi connectivity index (χ1n) is 7.08. The van der Waals surface area contributed by atoms with Crippen molar-refractivity contribution >= 4 is 22.5 Å². The summed E-state index contributed by atoms with van der Waals surface area (Å²) in [5, 5.41) is 1.02. The van der Waals surface area contributed by atoms with Crippen molar-refractivity contribution in [1.29, 1.82) is 0 Å². The van der Waals surface area contributed by atoms with Gasteiger partial charge < -0.3 is 9.30 Å². The van der Waals surface area contributed by atoms with Gasteiger partial charge in [0, 0.05) is 23.7 Å². The third kappa shape index (κ3) is 2.68. The average molecular weight is 333 g/mol. The van der Waals surface area contributed by atoms with E-state index >= 15 is 0 Å². The van der Waals surface area contributed by atoms with Gasteiger partial charge in [0.15, 0.2) is 0 Å². The van der Waals surface area contributed by atoms with Crippen LogP contribution in [0, 0.1) is 5.82 Å². The Morgan fingerprint density at radius 1 is 1.26 bits per heavy atom. The average Bonchev–Trinajstić information content (AvgIpc) is 2.55. The van der Waals surface area contributed by atoms with Crippen LogP contribution in [0.3, 0.4) is 0 Å². The maximum absolute atomic E-state index is 14.2. The lowest BCUT2D eigenvalue weighted by atomic mass is 10.0. The molecular formula is C17H14ClFN2O2. The molecule has 0 radical (unpaired) electrons. The van der Waals surface area contributed by atoms with E-state index in [0.717, 1.165) is 0 Å². The number of pyridine rings is 2. The summed E-state index contributed by atoms with van der Waals surface area (Å²) in [6, 6.07) is 7.58. The summed E-state index contributed by atoms with van der Waals surface area (Å²) in [5.74, 6) is 0.00463. The Labute approximate surface area is 137 Å². The van der Waals surface area contributed by atoms with Crippen LogP contribution in [-0.2, 0) is 6.54 Å². The van der Waals surface area contributed by atoms with Crippen molar-refractivity contribution in [1.82, 2.24) is 9.55 Å². The molecule has 6 heteroatoms. The Bertz CT molecular complexity index is 953. The molecule has 0 saturated heterocycles. The summed E-state index contributed by atoms with van der Waals surface area (Å²) in [6.07, 6.45) is 1.57. The molecule has 0 amide bonds. The fourth-order valence-electron chi connectivity index (χ4n) is 2.59. The third-order valence-electron chi connectivity index (χ3n) is 3.72. The van der Waals surface area contributed by atoms with Gasteiger partial charge in [-0.15, -0.1) is 0 Å². The van der Waals surface area contributed by atoms with Gasteiger partial charge in [-0.2, -0.15) is 0 Å². The summed E-state index contributed by atoms with van der Waals surface area (Å²) < 4.78 is 20.9. The van der Waals surface area contributed by atoms with Gasteiger partial charge in [-0.05, 0) is 37.3 Å². The van der Waals surface area contributed by atoms with Crippen LogP contribution in [0.4, 0.5) is 4.39 Å². The van der Waals surface area contributed by atoms with Crippen molar-refractivity contribution in [3.8, 4) is 16.9 Å². The standard InChI is InChI=1S/C17H14ClFN2O2/c1-3-21-15-8-16(18)20-9-10(15)6-13(17(21)22)12-7-11(23-2)4-5-14(12)19/h4-9H,3H2,1-2H3. The molecule has 0 atom stereocenters. The van der Waals surface area contributed by atoms with Crippen LogP contribution in [0.1, 0.15) is 6.92 Å². The number of fused-ring (bicyclic) bond motifs is 1. The lowest BCUT2D eigenvalue weighted by Gasteiger charge is -2.12. The van der Waals surface area contributed by atoms with Gasteiger partial charge in [-0.1, -0.05) is 11.6 Å². The summed E-state index contributed by atoms with van der Waals surface area (Å²) in [5.41, 5.74) is 0.854. The van der Waals surface area contributed by atoms with Crippen molar-refractivity contribution in [3.63, 3.8) is 0 Å². The number of halogens is 2. The zero-order chi connectivity index (χ0) is 16.6. The van der Waals surface area contributed by atoms with Crippen LogP contribution in [0.2, 0.25) is 5.15 Å². The number of hydrogen-bond donors (Lipinski definition) is 0. The van der Waals surface area contributed by atoms with Crippen LogP contribution >= 0.6 is 11.6 Å². The first-order chi connectivity index (χ1) is 11.0. The molecule has 0 saturated carbocycles. The van der Waals surface area contributed by atoms with Gasteiger partial charge in [-0.25, -0.2) is 9.37 Å². The van der Waals surface area contributed by atoms with E-state index < -0.39 is 5.82 Å². The van der Waals surface area contributed by atoms with Crippen LogP contribution in [-0.4, -0.2) is 16.7 Å². The molecular weight excluding hydrogens is 319 g/mol. The highest BCUT2D eigenvalue weighted by Crippen LogP contribution is 2.27. The van der Waals surface area contributed by atoms with Gasteiger partial charge in [-0.3, -0.25) is 4.79 Å². The normalized spacial score (nSPS) is 11.0. The van der Waals surface area contributed by atoms with E-state index in [1.165, 1.54) is 25.3 Å². The predicted octanol–water partition coefficient (Wildman–Crippen LogP) is 3.88. The number of benzene rings is 1. The quantitative estimate of drug-likeness (QED) is 0.684. The van der Waals surface area contributed by atoms with Gasteiger partial charge in [0.1, 0.15) is 16.7 Å². The first kappa shape index (κ1) is 15.5. The Morgan fingerprint density at radius 3 is 2.74 bits per heavy atom. The highest BCUT2D eigenvalue weighted by molar-refractivity contribution is 6.30. The molecule has 3 rings (SSSR count). The molecule has 0 aliphatic rings.